The number of carboxylic acid groups (broad SMARTS) is 1. The maximum Gasteiger partial charge on any atom is 0.308 e. The number of hydrogen-bond donors (Lipinski definition) is 2. The van der Waals surface area contributed by atoms with Crippen molar-refractivity contribution in [2.75, 3.05) is 10.6 Å². The van der Waals surface area contributed by atoms with Crippen LogP contribution in [-0.2, 0) is 9.59 Å². The largest absolute Gasteiger partial charge is 0.481 e. The predicted octanol–water partition coefficient (Wildman–Crippen LogP) is 0.856. The summed E-state index contributed by atoms with van der Waals surface area (Å²) in [6, 6.07) is 4.76. The second-order valence-electron chi connectivity index (χ2n) is 4.94. The zero-order valence-corrected chi connectivity index (χ0v) is 10.4. The third-order valence-electron chi connectivity index (χ3n) is 3.54. The molecule has 0 radical (unpaired) electrons. The third kappa shape index (κ3) is 1.80. The second kappa shape index (κ2) is 3.88. The van der Waals surface area contributed by atoms with E-state index in [9.17, 15) is 9.59 Å². The zero-order valence-electron chi connectivity index (χ0n) is 10.4. The highest BCUT2D eigenvalue weighted by Gasteiger charge is 2.52. The molecule has 3 rings (SSSR count). The van der Waals surface area contributed by atoms with Gasteiger partial charge in [-0.1, -0.05) is 0 Å². The summed E-state index contributed by atoms with van der Waals surface area (Å²) in [7, 11) is 0. The van der Waals surface area contributed by atoms with Crippen LogP contribution in [0.1, 0.15) is 13.3 Å². The minimum absolute atomic E-state index is 0.216. The van der Waals surface area contributed by atoms with Gasteiger partial charge in [-0.15, -0.1) is 0 Å². The SMILES string of the molecule is CC1Oc2ccc(N)cc2N(C2CC2C(=O)O)C1=O. The summed E-state index contributed by atoms with van der Waals surface area (Å²) in [5.41, 5.74) is 6.81. The van der Waals surface area contributed by atoms with Crippen LogP contribution in [-0.4, -0.2) is 29.1 Å². The highest BCUT2D eigenvalue weighted by molar-refractivity contribution is 6.02. The molecule has 1 aromatic rings. The zero-order chi connectivity index (χ0) is 13.7. The average molecular weight is 262 g/mol. The average Bonchev–Trinajstić information content (AvgIpc) is 3.11. The molecule has 0 spiro atoms. The van der Waals surface area contributed by atoms with Gasteiger partial charge in [0.1, 0.15) is 5.75 Å². The molecule has 1 amide bonds. The number of rotatable bonds is 2. The molecule has 1 fully saturated rings. The standard InChI is InChI=1S/C13H14N2O4/c1-6-12(16)15(9-5-8(9)13(17)18)10-4-7(14)2-3-11(10)19-6/h2-4,6,8-9H,5,14H2,1H3,(H,17,18). The first-order valence-electron chi connectivity index (χ1n) is 6.11. The number of hydrogen-bond acceptors (Lipinski definition) is 4. The van der Waals surface area contributed by atoms with Crippen molar-refractivity contribution in [1.82, 2.24) is 0 Å². The summed E-state index contributed by atoms with van der Waals surface area (Å²) in [4.78, 5) is 24.7. The lowest BCUT2D eigenvalue weighted by molar-refractivity contribution is -0.138. The smallest absolute Gasteiger partial charge is 0.308 e. The molecular formula is C13H14N2O4. The van der Waals surface area contributed by atoms with E-state index in [2.05, 4.69) is 0 Å². The highest BCUT2D eigenvalue weighted by atomic mass is 16.5. The van der Waals surface area contributed by atoms with Crippen LogP contribution in [0.4, 0.5) is 11.4 Å². The number of benzene rings is 1. The Morgan fingerprint density at radius 1 is 1.53 bits per heavy atom. The quantitative estimate of drug-likeness (QED) is 0.771. The molecule has 1 aliphatic heterocycles. The molecule has 1 heterocycles. The first-order chi connectivity index (χ1) is 8.99. The number of nitrogens with two attached hydrogens (primary N) is 1. The Kier molecular flexibility index (Phi) is 2.41. The van der Waals surface area contributed by atoms with E-state index in [1.165, 1.54) is 4.90 Å². The number of nitrogens with zero attached hydrogens (tertiary/aromatic N) is 1. The molecule has 0 aromatic heterocycles. The fraction of sp³-hybridized carbons (Fsp3) is 0.385. The lowest BCUT2D eigenvalue weighted by Crippen LogP contribution is -2.46. The Balaban J connectivity index is 2.01. The first kappa shape index (κ1) is 11.8. The Labute approximate surface area is 109 Å². The van der Waals surface area contributed by atoms with E-state index >= 15 is 0 Å². The summed E-state index contributed by atoms with van der Waals surface area (Å²) in [6.45, 7) is 1.66. The minimum Gasteiger partial charge on any atom is -0.481 e. The molecule has 0 saturated heterocycles. The van der Waals surface area contributed by atoms with E-state index in [-0.39, 0.29) is 11.9 Å². The van der Waals surface area contributed by atoms with Gasteiger partial charge in [-0.05, 0) is 31.5 Å². The van der Waals surface area contributed by atoms with E-state index < -0.39 is 18.0 Å². The molecule has 3 unspecified atom stereocenters. The number of carboxylic acids is 1. The maximum absolute atomic E-state index is 12.2. The minimum atomic E-state index is -0.873. The van der Waals surface area contributed by atoms with Gasteiger partial charge in [0.15, 0.2) is 6.10 Å². The van der Waals surface area contributed by atoms with Crippen LogP contribution in [0.25, 0.3) is 0 Å². The highest BCUT2D eigenvalue weighted by Crippen LogP contribution is 2.45. The maximum atomic E-state index is 12.2. The van der Waals surface area contributed by atoms with Gasteiger partial charge in [0.2, 0.25) is 0 Å². The van der Waals surface area contributed by atoms with Crippen molar-refractivity contribution in [1.29, 1.82) is 0 Å². The third-order valence-corrected chi connectivity index (χ3v) is 3.54. The molecule has 0 bridgehead atoms. The van der Waals surface area contributed by atoms with Crippen LogP contribution in [0, 0.1) is 5.92 Å². The van der Waals surface area contributed by atoms with E-state index in [1.807, 2.05) is 0 Å². The molecule has 19 heavy (non-hydrogen) atoms. The van der Waals surface area contributed by atoms with Crippen LogP contribution in [0.5, 0.6) is 5.75 Å². The van der Waals surface area contributed by atoms with Crippen LogP contribution < -0.4 is 15.4 Å². The summed E-state index contributed by atoms with van der Waals surface area (Å²) in [5.74, 6) is -1.02. The molecule has 100 valence electrons. The Morgan fingerprint density at radius 2 is 2.26 bits per heavy atom. The van der Waals surface area contributed by atoms with Gasteiger partial charge in [-0.25, -0.2) is 0 Å². The molecule has 1 aliphatic carbocycles. The van der Waals surface area contributed by atoms with Crippen molar-refractivity contribution in [3.8, 4) is 5.75 Å². The van der Waals surface area contributed by atoms with Crippen LogP contribution in [0.15, 0.2) is 18.2 Å². The number of carbonyl (C=O) groups is 2. The lowest BCUT2D eigenvalue weighted by Gasteiger charge is -2.33. The van der Waals surface area contributed by atoms with Crippen molar-refractivity contribution in [3.63, 3.8) is 0 Å². The van der Waals surface area contributed by atoms with Gasteiger partial charge < -0.3 is 20.5 Å². The van der Waals surface area contributed by atoms with Gasteiger partial charge in [-0.3, -0.25) is 9.59 Å². The molecule has 3 N–H and O–H groups in total. The summed E-state index contributed by atoms with van der Waals surface area (Å²) in [5, 5.41) is 9.02. The molecule has 3 atom stereocenters. The van der Waals surface area contributed by atoms with Crippen molar-refractivity contribution in [2.45, 2.75) is 25.5 Å². The Hall–Kier alpha value is -2.24. The number of nitrogen functional groups attached to an aromatic ring is 1. The van der Waals surface area contributed by atoms with E-state index in [0.717, 1.165) is 0 Å². The molecule has 2 aliphatic rings. The number of fused-ring (bicyclic) bond motifs is 1. The normalized spacial score (nSPS) is 28.6. The summed E-state index contributed by atoms with van der Waals surface area (Å²) in [6.07, 6.45) is -0.131. The van der Waals surface area contributed by atoms with Gasteiger partial charge in [0, 0.05) is 5.69 Å². The van der Waals surface area contributed by atoms with Gasteiger partial charge >= 0.3 is 5.97 Å². The Bertz CT molecular complexity index is 572. The van der Waals surface area contributed by atoms with E-state index in [0.29, 0.717) is 23.5 Å². The molecule has 1 saturated carbocycles. The topological polar surface area (TPSA) is 92.9 Å². The Morgan fingerprint density at radius 3 is 2.89 bits per heavy atom. The second-order valence-corrected chi connectivity index (χ2v) is 4.94. The molecule has 6 heteroatoms. The lowest BCUT2D eigenvalue weighted by atomic mass is 10.1. The van der Waals surface area contributed by atoms with E-state index in [1.54, 1.807) is 25.1 Å². The van der Waals surface area contributed by atoms with Crippen molar-refractivity contribution < 1.29 is 19.4 Å². The molecule has 1 aromatic carbocycles. The number of ether oxygens (including phenoxy) is 1. The number of anilines is 2. The number of aliphatic carboxylic acids is 1. The van der Waals surface area contributed by atoms with Gasteiger partial charge in [0.25, 0.3) is 5.91 Å². The van der Waals surface area contributed by atoms with Gasteiger partial charge in [-0.2, -0.15) is 0 Å². The molecule has 6 nitrogen and oxygen atoms in total. The van der Waals surface area contributed by atoms with Gasteiger partial charge in [0.05, 0.1) is 17.6 Å². The first-order valence-corrected chi connectivity index (χ1v) is 6.11. The molecular weight excluding hydrogens is 248 g/mol. The van der Waals surface area contributed by atoms with Crippen LogP contribution in [0.2, 0.25) is 0 Å². The predicted molar refractivity (Wildman–Crippen MR) is 68.0 cm³/mol. The fourth-order valence-electron chi connectivity index (χ4n) is 2.45. The monoisotopic (exact) mass is 262 g/mol. The number of carbonyl (C=O) groups excluding carboxylic acids is 1. The van der Waals surface area contributed by atoms with Crippen molar-refractivity contribution in [3.05, 3.63) is 18.2 Å². The summed E-state index contributed by atoms with van der Waals surface area (Å²) >= 11 is 0. The summed E-state index contributed by atoms with van der Waals surface area (Å²) < 4.78 is 5.51. The van der Waals surface area contributed by atoms with Crippen LogP contribution >= 0.6 is 0 Å². The van der Waals surface area contributed by atoms with Crippen molar-refractivity contribution in [2.24, 2.45) is 5.92 Å². The van der Waals surface area contributed by atoms with E-state index in [4.69, 9.17) is 15.6 Å². The van der Waals surface area contributed by atoms with Crippen molar-refractivity contribution >= 4 is 23.3 Å². The van der Waals surface area contributed by atoms with Crippen LogP contribution in [0.3, 0.4) is 0 Å². The number of amides is 1. The fourth-order valence-corrected chi connectivity index (χ4v) is 2.45.